The molecule has 112 valence electrons. The molecule has 1 heterocycles. The Morgan fingerprint density at radius 3 is 2.71 bits per heavy atom. The highest BCUT2D eigenvalue weighted by Gasteiger charge is 2.32. The summed E-state index contributed by atoms with van der Waals surface area (Å²) in [6.07, 6.45) is -4.64. The van der Waals surface area contributed by atoms with Crippen LogP contribution in [-0.4, -0.2) is 21.4 Å². The van der Waals surface area contributed by atoms with Crippen molar-refractivity contribution in [3.05, 3.63) is 29.8 Å². The molecule has 21 heavy (non-hydrogen) atoms. The van der Waals surface area contributed by atoms with Crippen LogP contribution in [0.5, 0.6) is 0 Å². The van der Waals surface area contributed by atoms with Gasteiger partial charge in [-0.2, -0.15) is 13.2 Å². The number of hydrogen-bond acceptors (Lipinski definition) is 4. The van der Waals surface area contributed by atoms with E-state index in [9.17, 15) is 22.8 Å². The summed E-state index contributed by atoms with van der Waals surface area (Å²) in [6.45, 7) is 0. The second-order valence-corrected chi connectivity index (χ2v) is 6.09. The first-order chi connectivity index (χ1) is 9.75. The number of benzene rings is 1. The lowest BCUT2D eigenvalue weighted by Gasteiger charge is -2.10. The van der Waals surface area contributed by atoms with Crippen molar-refractivity contribution in [2.75, 3.05) is 5.32 Å². The van der Waals surface area contributed by atoms with Crippen LogP contribution in [0.4, 0.5) is 18.9 Å². The Morgan fingerprint density at radius 1 is 1.43 bits per heavy atom. The zero-order valence-electron chi connectivity index (χ0n) is 10.4. The molecule has 1 aromatic rings. The summed E-state index contributed by atoms with van der Waals surface area (Å²) in [7, 11) is 0. The van der Waals surface area contributed by atoms with E-state index in [1.165, 1.54) is 12.1 Å². The van der Waals surface area contributed by atoms with Crippen LogP contribution in [0, 0.1) is 0 Å². The minimum atomic E-state index is -4.48. The topological polar surface area (TPSA) is 58.2 Å². The second-order valence-electron chi connectivity index (χ2n) is 4.21. The maximum atomic E-state index is 12.5. The van der Waals surface area contributed by atoms with Gasteiger partial charge < -0.3 is 10.6 Å². The van der Waals surface area contributed by atoms with E-state index in [2.05, 4.69) is 10.6 Å². The molecule has 0 aliphatic carbocycles. The van der Waals surface area contributed by atoms with Crippen molar-refractivity contribution in [1.29, 1.82) is 0 Å². The first kappa shape index (κ1) is 15.8. The van der Waals surface area contributed by atoms with Crippen molar-refractivity contribution in [2.24, 2.45) is 0 Å². The van der Waals surface area contributed by atoms with Gasteiger partial charge in [0.2, 0.25) is 11.8 Å². The van der Waals surface area contributed by atoms with Gasteiger partial charge in [0.25, 0.3) is 0 Å². The average molecular weight is 334 g/mol. The predicted octanol–water partition coefficient (Wildman–Crippen LogP) is 2.55. The number of alkyl halides is 3. The fourth-order valence-corrected chi connectivity index (χ4v) is 2.95. The van der Waals surface area contributed by atoms with Crippen molar-refractivity contribution in [2.45, 2.75) is 17.8 Å². The Kier molecular flexibility index (Phi) is 4.52. The monoisotopic (exact) mass is 334 g/mol. The Morgan fingerprint density at radius 2 is 2.14 bits per heavy atom. The quantitative estimate of drug-likeness (QED) is 0.834. The summed E-state index contributed by atoms with van der Waals surface area (Å²) in [5.41, 5.74) is -0.824. The van der Waals surface area contributed by atoms with Crippen molar-refractivity contribution >= 4 is 45.8 Å². The van der Waals surface area contributed by atoms with Gasteiger partial charge in [-0.1, -0.05) is 30.0 Å². The van der Waals surface area contributed by atoms with Gasteiger partial charge in [0.15, 0.2) is 0 Å². The Balaban J connectivity index is 2.00. The summed E-state index contributed by atoms with van der Waals surface area (Å²) >= 11 is 5.84. The number of anilines is 1. The molecule has 1 saturated heterocycles. The van der Waals surface area contributed by atoms with E-state index < -0.39 is 22.9 Å². The molecule has 0 aromatic heterocycles. The molecule has 0 saturated carbocycles. The lowest BCUT2D eigenvalue weighted by Crippen LogP contribution is -2.27. The van der Waals surface area contributed by atoms with E-state index >= 15 is 0 Å². The molecule has 1 aromatic carbocycles. The molecule has 1 atom stereocenters. The molecule has 1 aliphatic heterocycles. The van der Waals surface area contributed by atoms with Crippen LogP contribution in [0.15, 0.2) is 24.3 Å². The maximum Gasteiger partial charge on any atom is 0.416 e. The number of thiocarbonyl (C=S) groups is 1. The molecule has 0 spiro atoms. The van der Waals surface area contributed by atoms with Crippen LogP contribution in [0.25, 0.3) is 0 Å². The number of hydrogen-bond donors (Lipinski definition) is 2. The number of carbonyl (C=O) groups excluding carboxylic acids is 2. The lowest BCUT2D eigenvalue weighted by molar-refractivity contribution is -0.137. The Bertz CT molecular complexity index is 604. The third-order valence-electron chi connectivity index (χ3n) is 2.61. The number of carbonyl (C=O) groups is 2. The Hall–Kier alpha value is -1.61. The van der Waals surface area contributed by atoms with E-state index in [1.54, 1.807) is 0 Å². The first-order valence-electron chi connectivity index (χ1n) is 5.74. The zero-order chi connectivity index (χ0) is 15.6. The summed E-state index contributed by atoms with van der Waals surface area (Å²) in [5, 5.41) is 4.08. The molecule has 1 fully saturated rings. The smallest absolute Gasteiger partial charge is 0.326 e. The standard InChI is InChI=1S/C12H9F3N2O2S2/c13-12(14,15)6-2-1-3-7(4-6)16-9(18)5-8-10(19)17-11(20)21-8/h1-4,8H,5H2,(H,16,18)(H,17,19,20). The summed E-state index contributed by atoms with van der Waals surface area (Å²) in [6, 6.07) is 4.29. The molecule has 0 bridgehead atoms. The Labute approximate surface area is 127 Å². The number of halogens is 3. The van der Waals surface area contributed by atoms with Crippen LogP contribution in [0.1, 0.15) is 12.0 Å². The molecule has 1 unspecified atom stereocenters. The van der Waals surface area contributed by atoms with Crippen molar-refractivity contribution in [3.8, 4) is 0 Å². The number of amides is 2. The first-order valence-corrected chi connectivity index (χ1v) is 7.03. The van der Waals surface area contributed by atoms with Crippen molar-refractivity contribution < 1.29 is 22.8 Å². The van der Waals surface area contributed by atoms with E-state index in [-0.39, 0.29) is 22.3 Å². The zero-order valence-corrected chi connectivity index (χ0v) is 12.0. The van der Waals surface area contributed by atoms with Gasteiger partial charge in [0, 0.05) is 12.1 Å². The molecular formula is C12H9F3N2O2S2. The normalized spacial score (nSPS) is 18.5. The molecule has 2 amide bonds. The highest BCUT2D eigenvalue weighted by atomic mass is 32.2. The van der Waals surface area contributed by atoms with E-state index in [1.807, 2.05) is 0 Å². The average Bonchev–Trinajstić information content (AvgIpc) is 2.67. The van der Waals surface area contributed by atoms with Gasteiger partial charge in [0.1, 0.15) is 4.32 Å². The van der Waals surface area contributed by atoms with Gasteiger partial charge in [-0.25, -0.2) is 0 Å². The van der Waals surface area contributed by atoms with Gasteiger partial charge in [-0.15, -0.1) is 0 Å². The lowest BCUT2D eigenvalue weighted by atomic mass is 10.2. The number of nitrogens with one attached hydrogen (secondary N) is 2. The number of thioether (sulfide) groups is 1. The van der Waals surface area contributed by atoms with Crippen LogP contribution in [0.3, 0.4) is 0 Å². The second kappa shape index (κ2) is 6.02. The molecule has 2 N–H and O–H groups in total. The van der Waals surface area contributed by atoms with Gasteiger partial charge in [0.05, 0.1) is 10.8 Å². The minimum Gasteiger partial charge on any atom is -0.326 e. The van der Waals surface area contributed by atoms with Crippen LogP contribution in [-0.2, 0) is 15.8 Å². The fraction of sp³-hybridized carbons (Fsp3) is 0.250. The maximum absolute atomic E-state index is 12.5. The molecule has 9 heteroatoms. The molecular weight excluding hydrogens is 325 g/mol. The summed E-state index contributed by atoms with van der Waals surface area (Å²) in [4.78, 5) is 23.2. The van der Waals surface area contributed by atoms with E-state index in [4.69, 9.17) is 12.2 Å². The highest BCUT2D eigenvalue weighted by molar-refractivity contribution is 8.24. The van der Waals surface area contributed by atoms with Crippen LogP contribution >= 0.6 is 24.0 Å². The fourth-order valence-electron chi connectivity index (χ4n) is 1.68. The largest absolute Gasteiger partial charge is 0.416 e. The predicted molar refractivity (Wildman–Crippen MR) is 76.8 cm³/mol. The van der Waals surface area contributed by atoms with E-state index in [0.29, 0.717) is 0 Å². The SMILES string of the molecule is O=C(CC1SC(=S)NC1=O)Nc1cccc(C(F)(F)F)c1. The molecule has 1 aliphatic rings. The third kappa shape index (κ3) is 4.18. The van der Waals surface area contributed by atoms with E-state index in [0.717, 1.165) is 23.9 Å². The minimum absolute atomic E-state index is 0.0285. The third-order valence-corrected chi connectivity index (χ3v) is 3.98. The highest BCUT2D eigenvalue weighted by Crippen LogP contribution is 2.30. The van der Waals surface area contributed by atoms with Gasteiger partial charge in [-0.05, 0) is 18.2 Å². The van der Waals surface area contributed by atoms with Crippen LogP contribution in [0.2, 0.25) is 0 Å². The number of rotatable bonds is 3. The molecule has 0 radical (unpaired) electrons. The van der Waals surface area contributed by atoms with Crippen molar-refractivity contribution in [1.82, 2.24) is 5.32 Å². The summed E-state index contributed by atoms with van der Waals surface area (Å²) in [5.74, 6) is -0.920. The molecule has 4 nitrogen and oxygen atoms in total. The van der Waals surface area contributed by atoms with Gasteiger partial charge in [-0.3, -0.25) is 9.59 Å². The van der Waals surface area contributed by atoms with Gasteiger partial charge >= 0.3 is 6.18 Å². The molecule has 2 rings (SSSR count). The van der Waals surface area contributed by atoms with Crippen molar-refractivity contribution in [3.63, 3.8) is 0 Å². The van der Waals surface area contributed by atoms with Crippen LogP contribution < -0.4 is 10.6 Å². The summed E-state index contributed by atoms with van der Waals surface area (Å²) < 4.78 is 37.9.